The number of halogens is 3. The molecule has 3 aromatic carbocycles. The van der Waals surface area contributed by atoms with Crippen molar-refractivity contribution in [3.8, 4) is 5.75 Å². The van der Waals surface area contributed by atoms with Gasteiger partial charge in [-0.3, -0.25) is 14.9 Å². The zero-order valence-corrected chi connectivity index (χ0v) is 21.7. The zero-order chi connectivity index (χ0) is 24.4. The van der Waals surface area contributed by atoms with E-state index in [2.05, 4.69) is 37.2 Å². The van der Waals surface area contributed by atoms with Crippen LogP contribution in [-0.4, -0.2) is 17.8 Å². The summed E-state index contributed by atoms with van der Waals surface area (Å²) < 4.78 is 7.19. The molecule has 172 valence electrons. The van der Waals surface area contributed by atoms with E-state index in [0.29, 0.717) is 43.1 Å². The highest BCUT2D eigenvalue weighted by Gasteiger charge is 2.37. The molecule has 0 radical (unpaired) electrons. The highest BCUT2D eigenvalue weighted by molar-refractivity contribution is 9.11. The summed E-state index contributed by atoms with van der Waals surface area (Å²) in [5.74, 6) is -0.935. The van der Waals surface area contributed by atoms with Crippen LogP contribution >= 0.6 is 43.5 Å². The topological polar surface area (TPSA) is 75.7 Å². The first-order valence-corrected chi connectivity index (χ1v) is 12.0. The van der Waals surface area contributed by atoms with Crippen LogP contribution in [-0.2, 0) is 16.2 Å². The van der Waals surface area contributed by atoms with Crippen molar-refractivity contribution in [2.75, 3.05) is 4.90 Å². The number of nitrogens with zero attached hydrogens (tertiary/aromatic N) is 1. The van der Waals surface area contributed by atoms with Gasteiger partial charge in [-0.2, -0.15) is 0 Å². The Morgan fingerprint density at radius 2 is 1.68 bits per heavy atom. The van der Waals surface area contributed by atoms with Gasteiger partial charge >= 0.3 is 6.03 Å². The maximum absolute atomic E-state index is 13.2. The first kappa shape index (κ1) is 24.2. The van der Waals surface area contributed by atoms with E-state index < -0.39 is 17.8 Å². The monoisotopic (exact) mass is 602 g/mol. The highest BCUT2D eigenvalue weighted by atomic mass is 79.9. The highest BCUT2D eigenvalue weighted by Crippen LogP contribution is 2.36. The molecule has 0 spiro atoms. The number of barbiturate groups is 1. The van der Waals surface area contributed by atoms with Gasteiger partial charge in [0.25, 0.3) is 11.8 Å². The number of amides is 4. The molecule has 1 heterocycles. The number of urea groups is 1. The lowest BCUT2D eigenvalue weighted by Crippen LogP contribution is -2.54. The lowest BCUT2D eigenvalue weighted by atomic mass is 10.1. The molecule has 0 saturated carbocycles. The Kier molecular flexibility index (Phi) is 7.21. The number of hydrogen-bond donors (Lipinski definition) is 1. The van der Waals surface area contributed by atoms with Crippen molar-refractivity contribution in [2.24, 2.45) is 0 Å². The lowest BCUT2D eigenvalue weighted by molar-refractivity contribution is -0.122. The summed E-state index contributed by atoms with van der Waals surface area (Å²) in [4.78, 5) is 39.1. The van der Waals surface area contributed by atoms with Gasteiger partial charge in [-0.05, 0) is 85.8 Å². The minimum Gasteiger partial charge on any atom is -0.487 e. The van der Waals surface area contributed by atoms with Crippen LogP contribution < -0.4 is 15.0 Å². The van der Waals surface area contributed by atoms with Gasteiger partial charge in [-0.15, -0.1) is 0 Å². The summed E-state index contributed by atoms with van der Waals surface area (Å²) in [5.41, 5.74) is 2.24. The van der Waals surface area contributed by atoms with Crippen molar-refractivity contribution < 1.29 is 19.1 Å². The van der Waals surface area contributed by atoms with Crippen LogP contribution in [0.1, 0.15) is 16.7 Å². The predicted octanol–water partition coefficient (Wildman–Crippen LogP) is 6.42. The Morgan fingerprint density at radius 3 is 2.35 bits per heavy atom. The minimum absolute atomic E-state index is 0.185. The van der Waals surface area contributed by atoms with Crippen LogP contribution in [0.25, 0.3) is 6.08 Å². The second kappa shape index (κ2) is 10.1. The summed E-state index contributed by atoms with van der Waals surface area (Å²) in [7, 11) is 0. The molecule has 3 aromatic rings. The van der Waals surface area contributed by atoms with Crippen LogP contribution in [0.2, 0.25) is 5.02 Å². The number of carbonyl (C=O) groups is 3. The molecule has 0 atom stereocenters. The molecule has 9 heteroatoms. The van der Waals surface area contributed by atoms with Crippen molar-refractivity contribution in [1.82, 2.24) is 5.32 Å². The van der Waals surface area contributed by atoms with E-state index in [1.807, 2.05) is 30.3 Å². The fourth-order valence-electron chi connectivity index (χ4n) is 3.41. The van der Waals surface area contributed by atoms with Crippen LogP contribution in [0.15, 0.2) is 75.2 Å². The van der Waals surface area contributed by atoms with E-state index in [1.165, 1.54) is 6.08 Å². The number of hydrogen-bond acceptors (Lipinski definition) is 4. The number of nitrogens with one attached hydrogen (secondary N) is 1. The summed E-state index contributed by atoms with van der Waals surface area (Å²) in [5, 5.41) is 2.62. The Morgan fingerprint density at radius 1 is 1.00 bits per heavy atom. The number of rotatable bonds is 5. The molecule has 0 bridgehead atoms. The van der Waals surface area contributed by atoms with Crippen LogP contribution in [0, 0.1) is 6.92 Å². The normalized spacial score (nSPS) is 15.0. The Labute approximate surface area is 217 Å². The van der Waals surface area contributed by atoms with Crippen molar-refractivity contribution >= 4 is 73.1 Å². The fourth-order valence-corrected chi connectivity index (χ4v) is 5.03. The average Bonchev–Trinajstić information content (AvgIpc) is 2.79. The van der Waals surface area contributed by atoms with Gasteiger partial charge in [0.1, 0.15) is 17.9 Å². The Hall–Kier alpha value is -2.94. The van der Waals surface area contributed by atoms with Gasteiger partial charge in [0.15, 0.2) is 0 Å². The summed E-state index contributed by atoms with van der Waals surface area (Å²) in [6.45, 7) is 2.07. The SMILES string of the molecule is Cc1c(Cl)cccc1N1C(=O)NC(=O)/C(=C\c2cc(Br)c(OCc3ccccc3)c(Br)c2)C1=O. The van der Waals surface area contributed by atoms with Gasteiger partial charge in [0, 0.05) is 5.02 Å². The molecular formula is C25H17Br2ClN2O4. The van der Waals surface area contributed by atoms with E-state index in [-0.39, 0.29) is 5.57 Å². The molecular weight excluding hydrogens is 588 g/mol. The van der Waals surface area contributed by atoms with Crippen LogP contribution in [0.5, 0.6) is 5.75 Å². The molecule has 0 unspecified atom stereocenters. The van der Waals surface area contributed by atoms with Crippen LogP contribution in [0.3, 0.4) is 0 Å². The summed E-state index contributed by atoms with van der Waals surface area (Å²) in [6.07, 6.45) is 1.42. The number of anilines is 1. The van der Waals surface area contributed by atoms with Gasteiger partial charge in [0.2, 0.25) is 0 Å². The van der Waals surface area contributed by atoms with Gasteiger partial charge in [-0.25, -0.2) is 9.69 Å². The molecule has 4 amide bonds. The number of carbonyl (C=O) groups excluding carboxylic acids is 3. The quantitative estimate of drug-likeness (QED) is 0.270. The van der Waals surface area contributed by atoms with Gasteiger partial charge in [0.05, 0.1) is 14.6 Å². The Balaban J connectivity index is 1.64. The van der Waals surface area contributed by atoms with Crippen molar-refractivity contribution in [2.45, 2.75) is 13.5 Å². The van der Waals surface area contributed by atoms with E-state index in [0.717, 1.165) is 10.5 Å². The molecule has 34 heavy (non-hydrogen) atoms. The van der Waals surface area contributed by atoms with E-state index >= 15 is 0 Å². The average molecular weight is 605 g/mol. The lowest BCUT2D eigenvalue weighted by Gasteiger charge is -2.27. The zero-order valence-electron chi connectivity index (χ0n) is 17.8. The first-order chi connectivity index (χ1) is 16.3. The molecule has 0 aromatic heterocycles. The van der Waals surface area contributed by atoms with Gasteiger partial charge < -0.3 is 4.74 Å². The smallest absolute Gasteiger partial charge is 0.335 e. The van der Waals surface area contributed by atoms with Gasteiger partial charge in [-0.1, -0.05) is 48.0 Å². The molecule has 4 rings (SSSR count). The molecule has 1 fully saturated rings. The van der Waals surface area contributed by atoms with Crippen molar-refractivity contribution in [1.29, 1.82) is 0 Å². The molecule has 0 aliphatic carbocycles. The molecule has 6 nitrogen and oxygen atoms in total. The summed E-state index contributed by atoms with van der Waals surface area (Å²) in [6, 6.07) is 17.2. The maximum Gasteiger partial charge on any atom is 0.335 e. The van der Waals surface area contributed by atoms with Crippen LogP contribution in [0.4, 0.5) is 10.5 Å². The Bertz CT molecular complexity index is 1320. The number of benzene rings is 3. The first-order valence-electron chi connectivity index (χ1n) is 10.1. The third-order valence-corrected chi connectivity index (χ3v) is 6.73. The number of ether oxygens (including phenoxy) is 1. The third-order valence-electron chi connectivity index (χ3n) is 5.14. The predicted molar refractivity (Wildman–Crippen MR) is 138 cm³/mol. The van der Waals surface area contributed by atoms with E-state index in [1.54, 1.807) is 37.3 Å². The molecule has 1 aliphatic rings. The standard InChI is InChI=1S/C25H17Br2ClN2O4/c1-14-20(28)8-5-9-21(14)30-24(32)17(23(31)29-25(30)33)10-16-11-18(26)22(19(27)12-16)34-13-15-6-3-2-4-7-15/h2-12H,13H2,1H3,(H,29,31,33)/b17-10+. The van der Waals surface area contributed by atoms with Crippen molar-refractivity contribution in [3.63, 3.8) is 0 Å². The largest absolute Gasteiger partial charge is 0.487 e. The molecule has 1 aliphatic heterocycles. The van der Waals surface area contributed by atoms with E-state index in [4.69, 9.17) is 16.3 Å². The van der Waals surface area contributed by atoms with Crippen molar-refractivity contribution in [3.05, 3.63) is 96.9 Å². The third kappa shape index (κ3) is 4.94. The molecule has 1 saturated heterocycles. The second-order valence-corrected chi connectivity index (χ2v) is 9.55. The molecule has 1 N–H and O–H groups in total. The second-order valence-electron chi connectivity index (χ2n) is 7.43. The maximum atomic E-state index is 13.2. The van der Waals surface area contributed by atoms with E-state index in [9.17, 15) is 14.4 Å². The minimum atomic E-state index is -0.829. The fraction of sp³-hybridized carbons (Fsp3) is 0.0800. The summed E-state index contributed by atoms with van der Waals surface area (Å²) >= 11 is 13.2. The number of imide groups is 2.